The molecule has 1 aliphatic heterocycles. The van der Waals surface area contributed by atoms with Crippen molar-refractivity contribution in [1.82, 2.24) is 4.90 Å². The Labute approximate surface area is 150 Å². The monoisotopic (exact) mass is 349 g/mol. The zero-order chi connectivity index (χ0) is 18.1. The molecule has 0 N–H and O–H groups in total. The van der Waals surface area contributed by atoms with Crippen LogP contribution in [0.1, 0.15) is 28.9 Å². The van der Waals surface area contributed by atoms with Crippen LogP contribution in [0.5, 0.6) is 0 Å². The molecule has 3 aromatic rings. The highest BCUT2D eigenvalue weighted by molar-refractivity contribution is 5.97. The molecule has 0 unspecified atom stereocenters. The molecular weight excluding hydrogens is 330 g/mol. The van der Waals surface area contributed by atoms with Gasteiger partial charge in [0.1, 0.15) is 11.1 Å². The summed E-state index contributed by atoms with van der Waals surface area (Å²) in [5, 5.41) is 0.730. The number of morpholine rings is 1. The molecule has 0 radical (unpaired) electrons. The summed E-state index contributed by atoms with van der Waals surface area (Å²) < 4.78 is 11.1. The first-order chi connectivity index (χ1) is 12.6. The third-order valence-corrected chi connectivity index (χ3v) is 4.69. The lowest BCUT2D eigenvalue weighted by atomic mass is 10.0. The maximum atomic E-state index is 13.2. The van der Waals surface area contributed by atoms with Crippen LogP contribution in [-0.4, -0.2) is 30.1 Å². The van der Waals surface area contributed by atoms with Crippen molar-refractivity contribution in [2.45, 2.75) is 19.1 Å². The van der Waals surface area contributed by atoms with Crippen molar-refractivity contribution < 1.29 is 13.9 Å². The van der Waals surface area contributed by atoms with Crippen LogP contribution in [0, 0.1) is 0 Å². The number of carbonyl (C=O) groups is 1. The number of nitrogens with zero attached hydrogens (tertiary/aromatic N) is 1. The largest absolute Gasteiger partial charge is 0.422 e. The number of benzene rings is 2. The molecule has 1 aromatic heterocycles. The van der Waals surface area contributed by atoms with Gasteiger partial charge in [0.15, 0.2) is 0 Å². The maximum Gasteiger partial charge on any atom is 0.349 e. The molecule has 4 rings (SSSR count). The minimum Gasteiger partial charge on any atom is -0.422 e. The van der Waals surface area contributed by atoms with Gasteiger partial charge in [0.2, 0.25) is 0 Å². The van der Waals surface area contributed by atoms with Crippen LogP contribution < -0.4 is 5.63 Å². The van der Waals surface area contributed by atoms with Gasteiger partial charge in [0, 0.05) is 11.9 Å². The normalized spacial score (nSPS) is 20.3. The first kappa shape index (κ1) is 16.5. The van der Waals surface area contributed by atoms with Crippen molar-refractivity contribution in [2.75, 3.05) is 13.2 Å². The highest BCUT2D eigenvalue weighted by Crippen LogP contribution is 2.28. The summed E-state index contributed by atoms with van der Waals surface area (Å²) in [5.41, 5.74) is 0.903. The summed E-state index contributed by atoms with van der Waals surface area (Å²) in [4.78, 5) is 27.3. The van der Waals surface area contributed by atoms with Gasteiger partial charge in [-0.15, -0.1) is 0 Å². The van der Waals surface area contributed by atoms with Crippen LogP contribution in [0.3, 0.4) is 0 Å². The van der Waals surface area contributed by atoms with Crippen molar-refractivity contribution in [3.05, 3.63) is 82.2 Å². The minimum atomic E-state index is -0.611. The summed E-state index contributed by atoms with van der Waals surface area (Å²) in [6.07, 6.45) is -0.0913. The van der Waals surface area contributed by atoms with E-state index in [1.807, 2.05) is 49.4 Å². The zero-order valence-electron chi connectivity index (χ0n) is 14.4. The smallest absolute Gasteiger partial charge is 0.349 e. The average molecular weight is 349 g/mol. The van der Waals surface area contributed by atoms with Gasteiger partial charge in [-0.25, -0.2) is 4.79 Å². The molecule has 0 spiro atoms. The summed E-state index contributed by atoms with van der Waals surface area (Å²) >= 11 is 0. The predicted molar refractivity (Wildman–Crippen MR) is 98.1 cm³/mol. The fraction of sp³-hybridized carbons (Fsp3) is 0.238. The number of rotatable bonds is 2. The Balaban J connectivity index is 1.75. The molecule has 26 heavy (non-hydrogen) atoms. The zero-order valence-corrected chi connectivity index (χ0v) is 14.4. The van der Waals surface area contributed by atoms with Crippen LogP contribution in [-0.2, 0) is 4.74 Å². The molecule has 2 atom stereocenters. The highest BCUT2D eigenvalue weighted by atomic mass is 16.5. The summed E-state index contributed by atoms with van der Waals surface area (Å²) in [5.74, 6) is -0.325. The number of fused-ring (bicyclic) bond motifs is 1. The molecule has 1 saturated heterocycles. The fourth-order valence-electron chi connectivity index (χ4n) is 3.34. The Morgan fingerprint density at radius 2 is 1.81 bits per heavy atom. The molecular formula is C21H19NO4. The van der Waals surface area contributed by atoms with Gasteiger partial charge in [0.05, 0.1) is 18.8 Å². The van der Waals surface area contributed by atoms with E-state index in [0.717, 1.165) is 10.9 Å². The Hall–Kier alpha value is -2.92. The van der Waals surface area contributed by atoms with Crippen LogP contribution in [0.15, 0.2) is 69.9 Å². The second kappa shape index (κ2) is 6.77. The van der Waals surface area contributed by atoms with Crippen molar-refractivity contribution in [2.24, 2.45) is 0 Å². The number of para-hydroxylation sites is 1. The van der Waals surface area contributed by atoms with E-state index < -0.39 is 5.63 Å². The van der Waals surface area contributed by atoms with E-state index in [1.54, 1.807) is 23.1 Å². The lowest BCUT2D eigenvalue weighted by Gasteiger charge is -2.38. The highest BCUT2D eigenvalue weighted by Gasteiger charge is 2.33. The van der Waals surface area contributed by atoms with Crippen molar-refractivity contribution >= 4 is 16.9 Å². The molecule has 2 aromatic carbocycles. The van der Waals surface area contributed by atoms with Gasteiger partial charge in [-0.3, -0.25) is 4.79 Å². The van der Waals surface area contributed by atoms with Crippen LogP contribution in [0.4, 0.5) is 0 Å². The molecule has 132 valence electrons. The lowest BCUT2D eigenvalue weighted by molar-refractivity contribution is -0.0448. The third-order valence-electron chi connectivity index (χ3n) is 4.69. The minimum absolute atomic E-state index is 0.0544. The van der Waals surface area contributed by atoms with Crippen LogP contribution in [0.25, 0.3) is 11.0 Å². The van der Waals surface area contributed by atoms with Gasteiger partial charge < -0.3 is 14.1 Å². The van der Waals surface area contributed by atoms with Crippen molar-refractivity contribution in [3.8, 4) is 0 Å². The van der Waals surface area contributed by atoms with E-state index in [9.17, 15) is 9.59 Å². The number of carbonyl (C=O) groups excluding carboxylic acids is 1. The molecule has 1 aliphatic rings. The topological polar surface area (TPSA) is 59.8 Å². The van der Waals surface area contributed by atoms with E-state index >= 15 is 0 Å². The standard InChI is InChI=1S/C21H19NO4/c1-14-12-22(18(13-25-14)15-7-3-2-4-8-15)20(23)17-11-16-9-5-6-10-19(16)26-21(17)24/h2-11,14,18H,12-13H2,1H3/t14-,18+/m0/s1. The summed E-state index contributed by atoms with van der Waals surface area (Å²) in [6.45, 7) is 2.74. The number of hydrogen-bond donors (Lipinski definition) is 0. The average Bonchev–Trinajstić information content (AvgIpc) is 2.67. The van der Waals surface area contributed by atoms with Crippen molar-refractivity contribution in [1.29, 1.82) is 0 Å². The first-order valence-electron chi connectivity index (χ1n) is 8.64. The quantitative estimate of drug-likeness (QED) is 0.666. The van der Waals surface area contributed by atoms with Crippen molar-refractivity contribution in [3.63, 3.8) is 0 Å². The molecule has 0 bridgehead atoms. The second-order valence-electron chi connectivity index (χ2n) is 6.51. The van der Waals surface area contributed by atoms with Gasteiger partial charge in [-0.05, 0) is 24.6 Å². The summed E-state index contributed by atoms with van der Waals surface area (Å²) in [6, 6.07) is 18.3. The van der Waals surface area contributed by atoms with Crippen LogP contribution in [0.2, 0.25) is 0 Å². The number of amides is 1. The SMILES string of the molecule is C[C@H]1CN(C(=O)c2cc3ccccc3oc2=O)[C@@H](c2ccccc2)CO1. The first-order valence-corrected chi connectivity index (χ1v) is 8.64. The van der Waals surface area contributed by atoms with E-state index in [-0.39, 0.29) is 23.6 Å². The van der Waals surface area contributed by atoms with Gasteiger partial charge in [-0.2, -0.15) is 0 Å². The maximum absolute atomic E-state index is 13.2. The van der Waals surface area contributed by atoms with Crippen LogP contribution >= 0.6 is 0 Å². The molecule has 5 heteroatoms. The van der Waals surface area contributed by atoms with Gasteiger partial charge >= 0.3 is 5.63 Å². The fourth-order valence-corrected chi connectivity index (χ4v) is 3.34. The third kappa shape index (κ3) is 3.02. The Morgan fingerprint density at radius 3 is 2.62 bits per heavy atom. The predicted octanol–water partition coefficient (Wildman–Crippen LogP) is 3.40. The van der Waals surface area contributed by atoms with Gasteiger partial charge in [-0.1, -0.05) is 48.5 Å². The van der Waals surface area contributed by atoms with E-state index in [2.05, 4.69) is 0 Å². The van der Waals surface area contributed by atoms with Gasteiger partial charge in [0.25, 0.3) is 5.91 Å². The number of ether oxygens (including phenoxy) is 1. The lowest BCUT2D eigenvalue weighted by Crippen LogP contribution is -2.47. The van der Waals surface area contributed by atoms with E-state index in [1.165, 1.54) is 0 Å². The van der Waals surface area contributed by atoms with E-state index in [0.29, 0.717) is 18.7 Å². The molecule has 0 aliphatic carbocycles. The molecule has 1 fully saturated rings. The Kier molecular flexibility index (Phi) is 4.31. The summed E-state index contributed by atoms with van der Waals surface area (Å²) in [7, 11) is 0. The van der Waals surface area contributed by atoms with E-state index in [4.69, 9.17) is 9.15 Å². The number of hydrogen-bond acceptors (Lipinski definition) is 4. The molecule has 0 saturated carbocycles. The molecule has 1 amide bonds. The Bertz CT molecular complexity index is 996. The Morgan fingerprint density at radius 1 is 1.08 bits per heavy atom. The molecule has 2 heterocycles. The molecule has 5 nitrogen and oxygen atoms in total. The second-order valence-corrected chi connectivity index (χ2v) is 6.51.